The Kier molecular flexibility index (Phi) is 3.85. The van der Waals surface area contributed by atoms with Gasteiger partial charge in [-0.3, -0.25) is 0 Å². The van der Waals surface area contributed by atoms with Crippen LogP contribution in [0.3, 0.4) is 0 Å². The molecule has 68 valence electrons. The Morgan fingerprint density at radius 3 is 2.08 bits per heavy atom. The Labute approximate surface area is 81.2 Å². The van der Waals surface area contributed by atoms with Gasteiger partial charge in [0.15, 0.2) is 0 Å². The number of rotatable bonds is 0. The summed E-state index contributed by atoms with van der Waals surface area (Å²) in [5, 5.41) is 12.5. The predicted octanol–water partition coefficient (Wildman–Crippen LogP) is 2.46. The maximum atomic E-state index is 8.28. The van der Waals surface area contributed by atoms with Crippen LogP contribution in [0, 0.1) is 0 Å². The molecule has 1 heterocycles. The van der Waals surface area contributed by atoms with Crippen molar-refractivity contribution in [3.05, 3.63) is 53.8 Å². The minimum Gasteiger partial charge on any atom is -0.412 e. The van der Waals surface area contributed by atoms with Crippen LogP contribution in [0.25, 0.3) is 0 Å². The van der Waals surface area contributed by atoms with Crippen molar-refractivity contribution < 1.29 is 5.21 Å². The first-order valence-corrected chi connectivity index (χ1v) is 4.06. The predicted molar refractivity (Wildman–Crippen MR) is 50.9 cm³/mol. The normalized spacial score (nSPS) is 8.69. The van der Waals surface area contributed by atoms with Gasteiger partial charge >= 0.3 is 0 Å². The lowest BCUT2D eigenvalue weighted by atomic mass is 10.4. The topological polar surface area (TPSA) is 38.0 Å². The Bertz CT molecular complexity index is 321. The van der Waals surface area contributed by atoms with Gasteiger partial charge in [-0.25, -0.2) is 0 Å². The molecule has 4 heteroatoms. The zero-order valence-corrected chi connectivity index (χ0v) is 7.59. The van der Waals surface area contributed by atoms with Crippen LogP contribution in [0.4, 0.5) is 0 Å². The van der Waals surface area contributed by atoms with E-state index in [1.165, 1.54) is 12.4 Å². The molecule has 0 bridgehead atoms. The second-order valence-corrected chi connectivity index (χ2v) is 2.66. The van der Waals surface area contributed by atoms with Crippen molar-refractivity contribution in [1.29, 1.82) is 0 Å². The van der Waals surface area contributed by atoms with Gasteiger partial charge in [0.1, 0.15) is 0 Å². The SMILES string of the molecule is Clc1ccccc1.On1cccn1. The maximum absolute atomic E-state index is 8.28. The molecule has 1 aromatic carbocycles. The van der Waals surface area contributed by atoms with Gasteiger partial charge in [0, 0.05) is 5.02 Å². The molecule has 1 aromatic heterocycles. The first-order valence-electron chi connectivity index (χ1n) is 3.68. The summed E-state index contributed by atoms with van der Waals surface area (Å²) >= 11 is 5.54. The van der Waals surface area contributed by atoms with Crippen LogP contribution in [0.2, 0.25) is 5.02 Å². The van der Waals surface area contributed by atoms with E-state index in [0.717, 1.165) is 9.87 Å². The lowest BCUT2D eigenvalue weighted by Gasteiger charge is -1.80. The first-order chi connectivity index (χ1) is 6.29. The summed E-state index contributed by atoms with van der Waals surface area (Å²) in [6.07, 6.45) is 2.94. The van der Waals surface area contributed by atoms with Gasteiger partial charge in [-0.1, -0.05) is 29.8 Å². The number of benzene rings is 1. The first kappa shape index (κ1) is 9.61. The van der Waals surface area contributed by atoms with E-state index in [-0.39, 0.29) is 0 Å². The van der Waals surface area contributed by atoms with E-state index in [0.29, 0.717) is 0 Å². The van der Waals surface area contributed by atoms with Gasteiger partial charge in [-0.2, -0.15) is 0 Å². The van der Waals surface area contributed by atoms with Crippen LogP contribution >= 0.6 is 11.6 Å². The molecule has 13 heavy (non-hydrogen) atoms. The lowest BCUT2D eigenvalue weighted by Crippen LogP contribution is -1.86. The zero-order chi connectivity index (χ0) is 9.52. The fourth-order valence-corrected chi connectivity index (χ4v) is 0.821. The number of hydrogen-bond donors (Lipinski definition) is 1. The summed E-state index contributed by atoms with van der Waals surface area (Å²) in [7, 11) is 0. The lowest BCUT2D eigenvalue weighted by molar-refractivity contribution is 0.149. The van der Waals surface area contributed by atoms with Crippen LogP contribution in [0.5, 0.6) is 0 Å². The third kappa shape index (κ3) is 4.18. The van der Waals surface area contributed by atoms with Crippen molar-refractivity contribution in [2.24, 2.45) is 0 Å². The van der Waals surface area contributed by atoms with E-state index < -0.39 is 0 Å². The van der Waals surface area contributed by atoms with Gasteiger partial charge in [-0.15, -0.1) is 9.94 Å². The van der Waals surface area contributed by atoms with Crippen molar-refractivity contribution >= 4 is 11.6 Å². The van der Waals surface area contributed by atoms with Crippen LogP contribution in [-0.4, -0.2) is 15.2 Å². The molecule has 0 saturated heterocycles. The van der Waals surface area contributed by atoms with E-state index in [2.05, 4.69) is 5.10 Å². The number of halogens is 1. The van der Waals surface area contributed by atoms with Gasteiger partial charge in [0.05, 0.1) is 12.4 Å². The smallest absolute Gasteiger partial charge is 0.0664 e. The summed E-state index contributed by atoms with van der Waals surface area (Å²) in [6, 6.07) is 11.1. The van der Waals surface area contributed by atoms with Crippen LogP contribution in [-0.2, 0) is 0 Å². The monoisotopic (exact) mass is 196 g/mol. The van der Waals surface area contributed by atoms with Crippen LogP contribution in [0.15, 0.2) is 48.8 Å². The van der Waals surface area contributed by atoms with Crippen LogP contribution in [0.1, 0.15) is 0 Å². The Balaban J connectivity index is 0.000000132. The van der Waals surface area contributed by atoms with Crippen molar-refractivity contribution in [2.45, 2.75) is 0 Å². The van der Waals surface area contributed by atoms with E-state index in [9.17, 15) is 0 Å². The van der Waals surface area contributed by atoms with Gasteiger partial charge in [-0.05, 0) is 18.2 Å². The fraction of sp³-hybridized carbons (Fsp3) is 0. The minimum atomic E-state index is 0.750. The van der Waals surface area contributed by atoms with Gasteiger partial charge in [0.25, 0.3) is 0 Å². The third-order valence-electron chi connectivity index (χ3n) is 1.22. The summed E-state index contributed by atoms with van der Waals surface area (Å²) in [5.41, 5.74) is 0. The van der Waals surface area contributed by atoms with Crippen molar-refractivity contribution in [3.63, 3.8) is 0 Å². The molecule has 0 unspecified atom stereocenters. The molecule has 0 amide bonds. The van der Waals surface area contributed by atoms with E-state index in [1.54, 1.807) is 6.07 Å². The minimum absolute atomic E-state index is 0.750. The quantitative estimate of drug-likeness (QED) is 0.658. The molecular formula is C9H9ClN2O. The molecule has 0 aliphatic rings. The molecule has 1 N–H and O–H groups in total. The van der Waals surface area contributed by atoms with Crippen molar-refractivity contribution in [2.75, 3.05) is 0 Å². The molecule has 0 aliphatic carbocycles. The third-order valence-corrected chi connectivity index (χ3v) is 1.48. The molecule has 3 nitrogen and oxygen atoms in total. The number of hydrogen-bond acceptors (Lipinski definition) is 2. The zero-order valence-electron chi connectivity index (χ0n) is 6.84. The highest BCUT2D eigenvalue weighted by Gasteiger charge is 1.75. The standard InChI is InChI=1S/C6H5Cl.C3H4N2O/c7-6-4-2-1-3-5-6;6-5-3-1-2-4-5/h1-5H;1-3,6H. The summed E-state index contributed by atoms with van der Waals surface area (Å²) in [6.45, 7) is 0. The molecule has 2 rings (SSSR count). The highest BCUT2D eigenvalue weighted by molar-refractivity contribution is 6.30. The molecule has 0 spiro atoms. The van der Waals surface area contributed by atoms with E-state index >= 15 is 0 Å². The Hall–Kier alpha value is -1.48. The molecule has 0 atom stereocenters. The van der Waals surface area contributed by atoms with E-state index in [1.807, 2.05) is 30.3 Å². The number of nitrogens with zero attached hydrogens (tertiary/aromatic N) is 2. The summed E-state index contributed by atoms with van der Waals surface area (Å²) in [4.78, 5) is 0.750. The van der Waals surface area contributed by atoms with E-state index in [4.69, 9.17) is 16.8 Å². The highest BCUT2D eigenvalue weighted by Crippen LogP contribution is 2.03. The van der Waals surface area contributed by atoms with Crippen LogP contribution < -0.4 is 0 Å². The Morgan fingerprint density at radius 1 is 1.15 bits per heavy atom. The number of aromatic nitrogens is 2. The van der Waals surface area contributed by atoms with Gasteiger partial charge in [0.2, 0.25) is 0 Å². The average Bonchev–Trinajstić information content (AvgIpc) is 2.58. The highest BCUT2D eigenvalue weighted by atomic mass is 35.5. The molecule has 2 aromatic rings. The molecule has 0 saturated carbocycles. The second-order valence-electron chi connectivity index (χ2n) is 2.22. The van der Waals surface area contributed by atoms with Crippen molar-refractivity contribution in [3.8, 4) is 0 Å². The average molecular weight is 197 g/mol. The maximum Gasteiger partial charge on any atom is 0.0664 e. The van der Waals surface area contributed by atoms with Crippen molar-refractivity contribution in [1.82, 2.24) is 9.94 Å². The molecule has 0 radical (unpaired) electrons. The molecule has 0 fully saturated rings. The summed E-state index contributed by atoms with van der Waals surface area (Å²) < 4.78 is 0. The molecule has 0 aliphatic heterocycles. The molecular weight excluding hydrogens is 188 g/mol. The largest absolute Gasteiger partial charge is 0.412 e. The second kappa shape index (κ2) is 5.22. The fourth-order valence-electron chi connectivity index (χ4n) is 0.675. The Morgan fingerprint density at radius 2 is 1.85 bits per heavy atom. The summed E-state index contributed by atoms with van der Waals surface area (Å²) in [5.74, 6) is 0. The van der Waals surface area contributed by atoms with Gasteiger partial charge < -0.3 is 5.21 Å².